The molecule has 1 aliphatic heterocycles. The Hall–Kier alpha value is -1.06. The molecule has 94 valence electrons. The minimum absolute atomic E-state index is 0.423. The number of hydrogen-bond donors (Lipinski definition) is 2. The van der Waals surface area contributed by atoms with Gasteiger partial charge in [0.15, 0.2) is 0 Å². The van der Waals surface area contributed by atoms with Gasteiger partial charge in [-0.2, -0.15) is 0 Å². The number of piperazine rings is 1. The molecule has 17 heavy (non-hydrogen) atoms. The van der Waals surface area contributed by atoms with Gasteiger partial charge < -0.3 is 15.4 Å². The molecule has 0 spiro atoms. The Labute approximate surface area is 104 Å². The molecule has 0 bridgehead atoms. The predicted molar refractivity (Wildman–Crippen MR) is 70.7 cm³/mol. The maximum atomic E-state index is 5.41. The van der Waals surface area contributed by atoms with Gasteiger partial charge in [-0.05, 0) is 23.1 Å². The zero-order valence-electron chi connectivity index (χ0n) is 10.9. The van der Waals surface area contributed by atoms with Gasteiger partial charge in [0.05, 0.1) is 7.11 Å². The van der Waals surface area contributed by atoms with Crippen molar-refractivity contribution >= 4 is 0 Å². The van der Waals surface area contributed by atoms with Crippen LogP contribution in [0, 0.1) is 0 Å². The van der Waals surface area contributed by atoms with E-state index in [9.17, 15) is 0 Å². The second-order valence-corrected chi connectivity index (χ2v) is 4.87. The number of ether oxygens (including phenoxy) is 1. The summed E-state index contributed by atoms with van der Waals surface area (Å²) in [6.45, 7) is 7.50. The molecule has 3 heteroatoms. The molecule has 1 aromatic carbocycles. The Morgan fingerprint density at radius 1 is 1.29 bits per heavy atom. The highest BCUT2D eigenvalue weighted by atomic mass is 16.5. The molecule has 1 fully saturated rings. The van der Waals surface area contributed by atoms with Crippen LogP contribution >= 0.6 is 0 Å². The van der Waals surface area contributed by atoms with Crippen molar-refractivity contribution in [2.45, 2.75) is 25.8 Å². The maximum Gasteiger partial charge on any atom is 0.122 e. The molecule has 2 N–H and O–H groups in total. The van der Waals surface area contributed by atoms with Crippen LogP contribution in [0.25, 0.3) is 0 Å². The van der Waals surface area contributed by atoms with Gasteiger partial charge in [0, 0.05) is 25.7 Å². The SMILES string of the molecule is COc1ccc(C2CNCCN2)cc1C(C)C. The summed E-state index contributed by atoms with van der Waals surface area (Å²) in [5.74, 6) is 1.48. The van der Waals surface area contributed by atoms with Crippen molar-refractivity contribution in [1.29, 1.82) is 0 Å². The molecular weight excluding hydrogens is 212 g/mol. The first-order chi connectivity index (χ1) is 8.22. The van der Waals surface area contributed by atoms with Gasteiger partial charge in [0.25, 0.3) is 0 Å². The van der Waals surface area contributed by atoms with E-state index in [1.165, 1.54) is 11.1 Å². The molecule has 0 aromatic heterocycles. The molecule has 1 heterocycles. The topological polar surface area (TPSA) is 33.3 Å². The Bertz CT molecular complexity index is 370. The third kappa shape index (κ3) is 2.79. The highest BCUT2D eigenvalue weighted by Crippen LogP contribution is 2.29. The first-order valence-corrected chi connectivity index (χ1v) is 6.34. The normalized spacial score (nSPS) is 20.6. The molecule has 0 radical (unpaired) electrons. The third-order valence-electron chi connectivity index (χ3n) is 3.32. The average Bonchev–Trinajstić information content (AvgIpc) is 2.39. The summed E-state index contributed by atoms with van der Waals surface area (Å²) in [6, 6.07) is 6.94. The van der Waals surface area contributed by atoms with E-state index in [1.54, 1.807) is 7.11 Å². The van der Waals surface area contributed by atoms with Gasteiger partial charge >= 0.3 is 0 Å². The average molecular weight is 234 g/mol. The summed E-state index contributed by atoms with van der Waals surface area (Å²) < 4.78 is 5.41. The summed E-state index contributed by atoms with van der Waals surface area (Å²) in [6.07, 6.45) is 0. The van der Waals surface area contributed by atoms with Crippen LogP contribution < -0.4 is 15.4 Å². The van der Waals surface area contributed by atoms with Crippen molar-refractivity contribution in [3.05, 3.63) is 29.3 Å². The van der Waals surface area contributed by atoms with Gasteiger partial charge in [-0.1, -0.05) is 26.0 Å². The van der Waals surface area contributed by atoms with Crippen LogP contribution in [-0.2, 0) is 0 Å². The second-order valence-electron chi connectivity index (χ2n) is 4.87. The largest absolute Gasteiger partial charge is 0.496 e. The van der Waals surface area contributed by atoms with Crippen molar-refractivity contribution in [2.75, 3.05) is 26.7 Å². The zero-order chi connectivity index (χ0) is 12.3. The van der Waals surface area contributed by atoms with E-state index in [0.717, 1.165) is 25.4 Å². The smallest absolute Gasteiger partial charge is 0.122 e. The second kappa shape index (κ2) is 5.52. The van der Waals surface area contributed by atoms with Gasteiger partial charge in [-0.15, -0.1) is 0 Å². The Morgan fingerprint density at radius 2 is 2.12 bits per heavy atom. The Kier molecular flexibility index (Phi) is 4.02. The molecule has 1 aliphatic rings. The molecule has 0 saturated carbocycles. The minimum Gasteiger partial charge on any atom is -0.496 e. The summed E-state index contributed by atoms with van der Waals surface area (Å²) in [7, 11) is 1.74. The summed E-state index contributed by atoms with van der Waals surface area (Å²) in [5, 5.41) is 6.95. The molecule has 1 atom stereocenters. The number of benzene rings is 1. The number of hydrogen-bond acceptors (Lipinski definition) is 3. The molecule has 1 saturated heterocycles. The van der Waals surface area contributed by atoms with Crippen molar-refractivity contribution in [1.82, 2.24) is 10.6 Å². The number of methoxy groups -OCH3 is 1. The Balaban J connectivity index is 2.26. The lowest BCUT2D eigenvalue weighted by Gasteiger charge is -2.26. The van der Waals surface area contributed by atoms with E-state index in [2.05, 4.69) is 42.7 Å². The quantitative estimate of drug-likeness (QED) is 0.840. The summed E-state index contributed by atoms with van der Waals surface area (Å²) in [5.41, 5.74) is 2.64. The number of nitrogens with one attached hydrogen (secondary N) is 2. The van der Waals surface area contributed by atoms with Crippen LogP contribution in [-0.4, -0.2) is 26.7 Å². The van der Waals surface area contributed by atoms with Gasteiger partial charge in [-0.3, -0.25) is 0 Å². The fourth-order valence-corrected chi connectivity index (χ4v) is 2.31. The molecule has 0 aliphatic carbocycles. The fourth-order valence-electron chi connectivity index (χ4n) is 2.31. The van der Waals surface area contributed by atoms with Crippen LogP contribution in [0.2, 0.25) is 0 Å². The van der Waals surface area contributed by atoms with Crippen LogP contribution in [0.4, 0.5) is 0 Å². The van der Waals surface area contributed by atoms with Crippen molar-refractivity contribution in [2.24, 2.45) is 0 Å². The Morgan fingerprint density at radius 3 is 2.71 bits per heavy atom. The van der Waals surface area contributed by atoms with E-state index in [-0.39, 0.29) is 0 Å². The standard InChI is InChI=1S/C14H22N2O/c1-10(2)12-8-11(4-5-14(12)17-3)13-9-15-6-7-16-13/h4-5,8,10,13,15-16H,6-7,9H2,1-3H3. The van der Waals surface area contributed by atoms with E-state index < -0.39 is 0 Å². The first kappa shape index (κ1) is 12.4. The molecule has 2 rings (SSSR count). The lowest BCUT2D eigenvalue weighted by Crippen LogP contribution is -2.42. The summed E-state index contributed by atoms with van der Waals surface area (Å²) in [4.78, 5) is 0. The fraction of sp³-hybridized carbons (Fsp3) is 0.571. The summed E-state index contributed by atoms with van der Waals surface area (Å²) >= 11 is 0. The lowest BCUT2D eigenvalue weighted by molar-refractivity contribution is 0.404. The molecule has 3 nitrogen and oxygen atoms in total. The van der Waals surface area contributed by atoms with Crippen molar-refractivity contribution < 1.29 is 4.74 Å². The van der Waals surface area contributed by atoms with Gasteiger partial charge in [-0.25, -0.2) is 0 Å². The maximum absolute atomic E-state index is 5.41. The zero-order valence-corrected chi connectivity index (χ0v) is 10.9. The van der Waals surface area contributed by atoms with E-state index >= 15 is 0 Å². The van der Waals surface area contributed by atoms with Crippen molar-refractivity contribution in [3.8, 4) is 5.75 Å². The van der Waals surface area contributed by atoms with Crippen LogP contribution in [0.3, 0.4) is 0 Å². The monoisotopic (exact) mass is 234 g/mol. The minimum atomic E-state index is 0.423. The van der Waals surface area contributed by atoms with Gasteiger partial charge in [0.1, 0.15) is 5.75 Å². The predicted octanol–water partition coefficient (Wildman–Crippen LogP) is 2.05. The van der Waals surface area contributed by atoms with Crippen LogP contribution in [0.1, 0.15) is 36.9 Å². The molecule has 0 amide bonds. The lowest BCUT2D eigenvalue weighted by atomic mass is 9.96. The van der Waals surface area contributed by atoms with E-state index in [1.807, 2.05) is 0 Å². The number of rotatable bonds is 3. The third-order valence-corrected chi connectivity index (χ3v) is 3.32. The van der Waals surface area contributed by atoms with E-state index in [0.29, 0.717) is 12.0 Å². The van der Waals surface area contributed by atoms with E-state index in [4.69, 9.17) is 4.74 Å². The van der Waals surface area contributed by atoms with Crippen molar-refractivity contribution in [3.63, 3.8) is 0 Å². The highest BCUT2D eigenvalue weighted by Gasteiger charge is 2.16. The van der Waals surface area contributed by atoms with Crippen LogP contribution in [0.15, 0.2) is 18.2 Å². The molecule has 1 aromatic rings. The first-order valence-electron chi connectivity index (χ1n) is 6.34. The highest BCUT2D eigenvalue weighted by molar-refractivity contribution is 5.40. The van der Waals surface area contributed by atoms with Gasteiger partial charge in [0.2, 0.25) is 0 Å². The molecule has 1 unspecified atom stereocenters. The molecular formula is C14H22N2O. The van der Waals surface area contributed by atoms with Crippen LogP contribution in [0.5, 0.6) is 5.75 Å².